The van der Waals surface area contributed by atoms with Crippen molar-refractivity contribution in [3.63, 3.8) is 0 Å². The van der Waals surface area contributed by atoms with E-state index >= 15 is 0 Å². The van der Waals surface area contributed by atoms with Crippen LogP contribution in [0, 0.1) is 10.8 Å². The van der Waals surface area contributed by atoms with E-state index in [1.165, 1.54) is 0 Å². The van der Waals surface area contributed by atoms with Crippen molar-refractivity contribution in [1.82, 2.24) is 0 Å². The van der Waals surface area contributed by atoms with Crippen LogP contribution in [0.5, 0.6) is 0 Å². The summed E-state index contributed by atoms with van der Waals surface area (Å²) in [6.07, 6.45) is 5.43. The van der Waals surface area contributed by atoms with Gasteiger partial charge in [-0.25, -0.2) is 0 Å². The van der Waals surface area contributed by atoms with E-state index in [0.717, 1.165) is 24.8 Å². The average molecular weight is 318 g/mol. The minimum absolute atomic E-state index is 0.230. The first kappa shape index (κ1) is 17.5. The predicted octanol–water partition coefficient (Wildman–Crippen LogP) is 4.14. The van der Waals surface area contributed by atoms with Gasteiger partial charge >= 0.3 is 11.9 Å². The Morgan fingerprint density at radius 3 is 2.22 bits per heavy atom. The number of hydrogen-bond acceptors (Lipinski definition) is 2. The molecule has 1 atom stereocenters. The van der Waals surface area contributed by atoms with E-state index in [-0.39, 0.29) is 6.42 Å². The van der Waals surface area contributed by atoms with Crippen molar-refractivity contribution in [3.05, 3.63) is 35.9 Å². The molecule has 4 nitrogen and oxygen atoms in total. The maximum atomic E-state index is 12.1. The molecule has 0 aliphatic heterocycles. The van der Waals surface area contributed by atoms with Crippen molar-refractivity contribution in [1.29, 1.82) is 0 Å². The van der Waals surface area contributed by atoms with Crippen molar-refractivity contribution in [2.75, 3.05) is 0 Å². The number of hydrogen-bond donors (Lipinski definition) is 2. The Morgan fingerprint density at radius 2 is 1.65 bits per heavy atom. The highest BCUT2D eigenvalue weighted by Crippen LogP contribution is 2.56. The molecule has 0 aromatic heterocycles. The molecule has 23 heavy (non-hydrogen) atoms. The SMILES string of the molecule is CCCCC1(Cc2ccccc2)CCCCC1(C(=O)O)C(=O)O. The van der Waals surface area contributed by atoms with Gasteiger partial charge in [0.2, 0.25) is 0 Å². The third-order valence-electron chi connectivity index (χ3n) is 5.49. The molecule has 126 valence electrons. The Labute approximate surface area is 137 Å². The summed E-state index contributed by atoms with van der Waals surface area (Å²) >= 11 is 0. The molecule has 1 aliphatic carbocycles. The zero-order valence-corrected chi connectivity index (χ0v) is 13.8. The molecule has 0 saturated heterocycles. The fourth-order valence-corrected chi connectivity index (χ4v) is 4.26. The number of rotatable bonds is 7. The lowest BCUT2D eigenvalue weighted by molar-refractivity contribution is -0.182. The van der Waals surface area contributed by atoms with Crippen molar-refractivity contribution in [2.24, 2.45) is 10.8 Å². The minimum Gasteiger partial charge on any atom is -0.480 e. The lowest BCUT2D eigenvalue weighted by atomic mass is 9.52. The van der Waals surface area contributed by atoms with E-state index in [1.54, 1.807) is 0 Å². The molecule has 1 aliphatic rings. The van der Waals surface area contributed by atoms with Crippen molar-refractivity contribution in [3.8, 4) is 0 Å². The summed E-state index contributed by atoms with van der Waals surface area (Å²) in [5.74, 6) is -2.34. The summed E-state index contributed by atoms with van der Waals surface area (Å²) in [5.41, 5.74) is -1.35. The highest BCUT2D eigenvalue weighted by Gasteiger charge is 2.62. The largest absolute Gasteiger partial charge is 0.480 e. The molecule has 0 radical (unpaired) electrons. The number of unbranched alkanes of at least 4 members (excludes halogenated alkanes) is 1. The highest BCUT2D eigenvalue weighted by molar-refractivity contribution is 5.99. The molecule has 0 bridgehead atoms. The molecule has 1 aromatic carbocycles. The van der Waals surface area contributed by atoms with E-state index in [2.05, 4.69) is 6.92 Å². The zero-order valence-electron chi connectivity index (χ0n) is 13.8. The third-order valence-corrected chi connectivity index (χ3v) is 5.49. The lowest BCUT2D eigenvalue weighted by Gasteiger charge is -2.49. The van der Waals surface area contributed by atoms with Crippen LogP contribution in [0.1, 0.15) is 57.4 Å². The first-order valence-corrected chi connectivity index (χ1v) is 8.49. The second-order valence-electron chi connectivity index (χ2n) is 6.77. The minimum atomic E-state index is -1.67. The first-order chi connectivity index (χ1) is 11.0. The molecular weight excluding hydrogens is 292 g/mol. The molecule has 1 unspecified atom stereocenters. The highest BCUT2D eigenvalue weighted by atomic mass is 16.4. The van der Waals surface area contributed by atoms with Gasteiger partial charge in [-0.05, 0) is 31.2 Å². The van der Waals surface area contributed by atoms with Gasteiger partial charge < -0.3 is 10.2 Å². The first-order valence-electron chi connectivity index (χ1n) is 8.49. The molecule has 2 rings (SSSR count). The summed E-state index contributed by atoms with van der Waals surface area (Å²) in [4.78, 5) is 24.2. The molecule has 0 spiro atoms. The summed E-state index contributed by atoms with van der Waals surface area (Å²) in [7, 11) is 0. The second kappa shape index (κ2) is 7.16. The molecule has 1 fully saturated rings. The molecule has 0 heterocycles. The van der Waals surface area contributed by atoms with Gasteiger partial charge in [0.25, 0.3) is 0 Å². The molecule has 2 N–H and O–H groups in total. The zero-order chi connectivity index (χ0) is 16.9. The lowest BCUT2D eigenvalue weighted by Crippen LogP contribution is -2.56. The van der Waals surface area contributed by atoms with E-state index in [4.69, 9.17) is 0 Å². The fourth-order valence-electron chi connectivity index (χ4n) is 4.26. The van der Waals surface area contributed by atoms with E-state index in [0.29, 0.717) is 25.7 Å². The Balaban J connectivity index is 2.51. The third kappa shape index (κ3) is 3.12. The number of carboxylic acids is 2. The smallest absolute Gasteiger partial charge is 0.321 e. The fraction of sp³-hybridized carbons (Fsp3) is 0.579. The Hall–Kier alpha value is -1.84. The van der Waals surface area contributed by atoms with Crippen LogP contribution in [-0.2, 0) is 16.0 Å². The van der Waals surface area contributed by atoms with Gasteiger partial charge in [0.05, 0.1) is 0 Å². The van der Waals surface area contributed by atoms with Gasteiger partial charge in [-0.15, -0.1) is 0 Å². The quantitative estimate of drug-likeness (QED) is 0.741. The summed E-state index contributed by atoms with van der Waals surface area (Å²) in [5, 5.41) is 19.8. The summed E-state index contributed by atoms with van der Waals surface area (Å²) < 4.78 is 0. The molecule has 1 saturated carbocycles. The van der Waals surface area contributed by atoms with Gasteiger partial charge in [-0.1, -0.05) is 62.9 Å². The molecule has 0 amide bonds. The van der Waals surface area contributed by atoms with Gasteiger partial charge in [-0.2, -0.15) is 0 Å². The Bertz CT molecular complexity index is 538. The van der Waals surface area contributed by atoms with Crippen molar-refractivity contribution in [2.45, 2.75) is 58.3 Å². The Kier molecular flexibility index (Phi) is 5.45. The monoisotopic (exact) mass is 318 g/mol. The van der Waals surface area contributed by atoms with Gasteiger partial charge in [0, 0.05) is 5.41 Å². The molecule has 1 aromatic rings. The molecular formula is C19H26O4. The normalized spacial score (nSPS) is 23.3. The number of aliphatic carboxylic acids is 2. The van der Waals surface area contributed by atoms with Crippen molar-refractivity contribution >= 4 is 11.9 Å². The maximum Gasteiger partial charge on any atom is 0.321 e. The van der Waals surface area contributed by atoms with Gasteiger partial charge in [0.15, 0.2) is 5.41 Å². The number of carbonyl (C=O) groups is 2. The predicted molar refractivity (Wildman–Crippen MR) is 88.3 cm³/mol. The van der Waals surface area contributed by atoms with Crippen LogP contribution < -0.4 is 0 Å². The van der Waals surface area contributed by atoms with Crippen LogP contribution in [0.25, 0.3) is 0 Å². The summed E-state index contributed by atoms with van der Waals surface area (Å²) in [6.45, 7) is 2.06. The number of carboxylic acid groups (broad SMARTS) is 2. The van der Waals surface area contributed by atoms with Crippen LogP contribution in [0.3, 0.4) is 0 Å². The maximum absolute atomic E-state index is 12.1. The van der Waals surface area contributed by atoms with Crippen LogP contribution in [-0.4, -0.2) is 22.2 Å². The van der Waals surface area contributed by atoms with Gasteiger partial charge in [-0.3, -0.25) is 9.59 Å². The average Bonchev–Trinajstić information content (AvgIpc) is 2.54. The van der Waals surface area contributed by atoms with Crippen molar-refractivity contribution < 1.29 is 19.8 Å². The topological polar surface area (TPSA) is 74.6 Å². The van der Waals surface area contributed by atoms with Crippen LogP contribution in [0.4, 0.5) is 0 Å². The van der Waals surface area contributed by atoms with Crippen LogP contribution in [0.15, 0.2) is 30.3 Å². The van der Waals surface area contributed by atoms with E-state index in [1.807, 2.05) is 30.3 Å². The molecule has 4 heteroatoms. The van der Waals surface area contributed by atoms with E-state index in [9.17, 15) is 19.8 Å². The standard InChI is InChI=1S/C19H26O4/c1-2-3-11-18(14-15-9-5-4-6-10-15)12-7-8-13-19(18,16(20)21)17(22)23/h4-6,9-10H,2-3,7-8,11-14H2,1H3,(H,20,21)(H,22,23). The summed E-state index contributed by atoms with van der Waals surface area (Å²) in [6, 6.07) is 9.71. The number of benzene rings is 1. The Morgan fingerprint density at radius 1 is 1.04 bits per heavy atom. The van der Waals surface area contributed by atoms with E-state index < -0.39 is 22.8 Å². The van der Waals surface area contributed by atoms with Gasteiger partial charge in [0.1, 0.15) is 0 Å². The second-order valence-corrected chi connectivity index (χ2v) is 6.77. The van der Waals surface area contributed by atoms with Crippen LogP contribution in [0.2, 0.25) is 0 Å². The van der Waals surface area contributed by atoms with Crippen LogP contribution >= 0.6 is 0 Å².